The van der Waals surface area contributed by atoms with Gasteiger partial charge in [0.15, 0.2) is 0 Å². The number of aryl methyl sites for hydroxylation is 1. The number of carbonyl (C=O) groups is 1. The smallest absolute Gasteiger partial charge is 0.335 e. The molecule has 3 heteroatoms. The average Bonchev–Trinajstić information content (AvgIpc) is 2.21. The van der Waals surface area contributed by atoms with Gasteiger partial charge in [-0.3, -0.25) is 0 Å². The highest BCUT2D eigenvalue weighted by atomic mass is 16.4. The molecule has 1 aromatic carbocycles. The molecule has 3 nitrogen and oxygen atoms in total. The molecular weight excluding hydrogens is 204 g/mol. The molecule has 0 saturated carbocycles. The summed E-state index contributed by atoms with van der Waals surface area (Å²) in [7, 11) is 0. The lowest BCUT2D eigenvalue weighted by Crippen LogP contribution is -2.24. The van der Waals surface area contributed by atoms with Crippen LogP contribution in [-0.4, -0.2) is 22.8 Å². The van der Waals surface area contributed by atoms with Crippen LogP contribution in [-0.2, 0) is 5.41 Å². The second-order valence-corrected chi connectivity index (χ2v) is 4.81. The molecule has 0 aliphatic rings. The maximum absolute atomic E-state index is 11.0. The predicted molar refractivity (Wildman–Crippen MR) is 63.0 cm³/mol. The van der Waals surface area contributed by atoms with Crippen LogP contribution in [0.2, 0.25) is 0 Å². The average molecular weight is 222 g/mol. The van der Waals surface area contributed by atoms with Crippen LogP contribution in [0.25, 0.3) is 0 Å². The molecule has 0 bridgehead atoms. The van der Waals surface area contributed by atoms with Crippen LogP contribution in [0.5, 0.6) is 0 Å². The number of rotatable bonds is 3. The molecule has 88 valence electrons. The van der Waals surface area contributed by atoms with Crippen LogP contribution in [0.1, 0.15) is 40.9 Å². The molecule has 0 saturated heterocycles. The van der Waals surface area contributed by atoms with Gasteiger partial charge in [0, 0.05) is 5.41 Å². The summed E-state index contributed by atoms with van der Waals surface area (Å²) in [5, 5.41) is 18.3. The van der Waals surface area contributed by atoms with E-state index >= 15 is 0 Å². The highest BCUT2D eigenvalue weighted by molar-refractivity contribution is 5.88. The lowest BCUT2D eigenvalue weighted by atomic mass is 9.80. The van der Waals surface area contributed by atoms with Crippen molar-refractivity contribution in [3.63, 3.8) is 0 Å². The fourth-order valence-electron chi connectivity index (χ4n) is 1.77. The van der Waals surface area contributed by atoms with Crippen molar-refractivity contribution in [3.05, 3.63) is 34.4 Å². The summed E-state index contributed by atoms with van der Waals surface area (Å²) in [6.45, 7) is 7.64. The van der Waals surface area contributed by atoms with Crippen molar-refractivity contribution in [2.75, 3.05) is 6.61 Å². The number of carboxylic acids is 1. The lowest BCUT2D eigenvalue weighted by Gasteiger charge is -2.26. The Labute approximate surface area is 95.7 Å². The standard InChI is InChI=1S/C13H18O3/c1-8-5-10(12(15)16)6-11(9(8)2)13(3,4)7-14/h5-6,14H,7H2,1-4H3,(H,15,16). The highest BCUT2D eigenvalue weighted by Crippen LogP contribution is 2.28. The van der Waals surface area contributed by atoms with Crippen LogP contribution < -0.4 is 0 Å². The van der Waals surface area contributed by atoms with Gasteiger partial charge in [0.1, 0.15) is 0 Å². The summed E-state index contributed by atoms with van der Waals surface area (Å²) in [5.41, 5.74) is 2.74. The number of carboxylic acid groups (broad SMARTS) is 1. The van der Waals surface area contributed by atoms with Gasteiger partial charge in [0.25, 0.3) is 0 Å². The van der Waals surface area contributed by atoms with E-state index in [1.165, 1.54) is 0 Å². The third kappa shape index (κ3) is 2.25. The monoisotopic (exact) mass is 222 g/mol. The number of hydrogen-bond acceptors (Lipinski definition) is 2. The van der Waals surface area contributed by atoms with Gasteiger partial charge in [0.05, 0.1) is 12.2 Å². The van der Waals surface area contributed by atoms with Crippen LogP contribution in [0.15, 0.2) is 12.1 Å². The molecule has 0 aliphatic carbocycles. The Morgan fingerprint density at radius 1 is 1.31 bits per heavy atom. The van der Waals surface area contributed by atoms with Crippen molar-refractivity contribution >= 4 is 5.97 Å². The molecule has 0 atom stereocenters. The van der Waals surface area contributed by atoms with E-state index in [9.17, 15) is 9.90 Å². The van der Waals surface area contributed by atoms with Crippen molar-refractivity contribution in [2.45, 2.75) is 33.1 Å². The van der Waals surface area contributed by atoms with Crippen molar-refractivity contribution in [1.29, 1.82) is 0 Å². The molecule has 0 aliphatic heterocycles. The van der Waals surface area contributed by atoms with Gasteiger partial charge in [-0.1, -0.05) is 13.8 Å². The van der Waals surface area contributed by atoms with E-state index in [2.05, 4.69) is 0 Å². The summed E-state index contributed by atoms with van der Waals surface area (Å²) in [6.07, 6.45) is 0. The van der Waals surface area contributed by atoms with Crippen LogP contribution >= 0.6 is 0 Å². The summed E-state index contributed by atoms with van der Waals surface area (Å²) >= 11 is 0. The minimum atomic E-state index is -0.932. The van der Waals surface area contributed by atoms with Crippen LogP contribution in [0, 0.1) is 13.8 Å². The quantitative estimate of drug-likeness (QED) is 0.824. The first-order chi connectivity index (χ1) is 7.29. The van der Waals surface area contributed by atoms with Gasteiger partial charge in [-0.25, -0.2) is 4.79 Å². The maximum Gasteiger partial charge on any atom is 0.335 e. The van der Waals surface area contributed by atoms with Gasteiger partial charge in [0.2, 0.25) is 0 Å². The molecule has 0 aromatic heterocycles. The summed E-state index contributed by atoms with van der Waals surface area (Å²) < 4.78 is 0. The lowest BCUT2D eigenvalue weighted by molar-refractivity contribution is 0.0696. The van der Waals surface area contributed by atoms with Crippen LogP contribution in [0.3, 0.4) is 0 Å². The minimum Gasteiger partial charge on any atom is -0.478 e. The number of aliphatic hydroxyl groups is 1. The van der Waals surface area contributed by atoms with Crippen molar-refractivity contribution in [1.82, 2.24) is 0 Å². The minimum absolute atomic E-state index is 0.00362. The van der Waals surface area contributed by atoms with Gasteiger partial charge in [-0.2, -0.15) is 0 Å². The number of benzene rings is 1. The molecule has 1 aromatic rings. The van der Waals surface area contributed by atoms with E-state index in [-0.39, 0.29) is 12.2 Å². The Kier molecular flexibility index (Phi) is 3.38. The Balaban J connectivity index is 3.44. The Bertz CT molecular complexity index is 419. The first kappa shape index (κ1) is 12.7. The first-order valence-electron chi connectivity index (χ1n) is 5.25. The second-order valence-electron chi connectivity index (χ2n) is 4.81. The van der Waals surface area contributed by atoms with E-state index in [1.807, 2.05) is 27.7 Å². The molecule has 0 unspecified atom stereocenters. The summed E-state index contributed by atoms with van der Waals surface area (Å²) in [6, 6.07) is 3.31. The van der Waals surface area contributed by atoms with Crippen molar-refractivity contribution in [2.24, 2.45) is 0 Å². The Morgan fingerprint density at radius 2 is 1.88 bits per heavy atom. The van der Waals surface area contributed by atoms with Gasteiger partial charge < -0.3 is 10.2 Å². The van der Waals surface area contributed by atoms with E-state index < -0.39 is 11.4 Å². The van der Waals surface area contributed by atoms with E-state index in [4.69, 9.17) is 5.11 Å². The fraction of sp³-hybridized carbons (Fsp3) is 0.462. The fourth-order valence-corrected chi connectivity index (χ4v) is 1.77. The molecule has 0 radical (unpaired) electrons. The Hall–Kier alpha value is -1.35. The first-order valence-corrected chi connectivity index (χ1v) is 5.25. The van der Waals surface area contributed by atoms with Crippen molar-refractivity contribution < 1.29 is 15.0 Å². The second kappa shape index (κ2) is 4.26. The van der Waals surface area contributed by atoms with E-state index in [1.54, 1.807) is 12.1 Å². The molecule has 0 fully saturated rings. The molecule has 0 spiro atoms. The Morgan fingerprint density at radius 3 is 2.31 bits per heavy atom. The summed E-state index contributed by atoms with van der Waals surface area (Å²) in [4.78, 5) is 11.0. The summed E-state index contributed by atoms with van der Waals surface area (Å²) in [5.74, 6) is -0.932. The molecule has 1 rings (SSSR count). The third-order valence-electron chi connectivity index (χ3n) is 3.04. The largest absolute Gasteiger partial charge is 0.478 e. The molecule has 16 heavy (non-hydrogen) atoms. The number of aromatic carboxylic acids is 1. The van der Waals surface area contributed by atoms with Crippen molar-refractivity contribution in [3.8, 4) is 0 Å². The molecular formula is C13H18O3. The molecule has 0 heterocycles. The topological polar surface area (TPSA) is 57.5 Å². The van der Waals surface area contributed by atoms with Crippen LogP contribution in [0.4, 0.5) is 0 Å². The molecule has 0 amide bonds. The SMILES string of the molecule is Cc1cc(C(=O)O)cc(C(C)(C)CO)c1C. The third-order valence-corrected chi connectivity index (χ3v) is 3.04. The number of hydrogen-bond donors (Lipinski definition) is 2. The van der Waals surface area contributed by atoms with Gasteiger partial charge in [-0.15, -0.1) is 0 Å². The van der Waals surface area contributed by atoms with E-state index in [0.717, 1.165) is 16.7 Å². The van der Waals surface area contributed by atoms with E-state index in [0.29, 0.717) is 0 Å². The van der Waals surface area contributed by atoms with Gasteiger partial charge >= 0.3 is 5.97 Å². The number of aliphatic hydroxyl groups excluding tert-OH is 1. The normalized spacial score (nSPS) is 11.6. The zero-order valence-corrected chi connectivity index (χ0v) is 10.2. The maximum atomic E-state index is 11.0. The zero-order chi connectivity index (χ0) is 12.5. The molecule has 2 N–H and O–H groups in total. The zero-order valence-electron chi connectivity index (χ0n) is 10.2. The van der Waals surface area contributed by atoms with Gasteiger partial charge in [-0.05, 0) is 42.7 Å². The predicted octanol–water partition coefficient (Wildman–Crippen LogP) is 2.27. The highest BCUT2D eigenvalue weighted by Gasteiger charge is 2.23.